The second-order valence-electron chi connectivity index (χ2n) is 5.88. The van der Waals surface area contributed by atoms with Crippen LogP contribution in [0.1, 0.15) is 17.0 Å². The van der Waals surface area contributed by atoms with Crippen molar-refractivity contribution in [3.63, 3.8) is 0 Å². The Hall–Kier alpha value is -2.75. The van der Waals surface area contributed by atoms with E-state index in [9.17, 15) is 22.7 Å². The maximum Gasteiger partial charge on any atom is 0.276 e. The van der Waals surface area contributed by atoms with Crippen LogP contribution in [0.5, 0.6) is 0 Å². The minimum atomic E-state index is -3.67. The molecule has 0 atom stereocenters. The van der Waals surface area contributed by atoms with Crippen LogP contribution in [-0.2, 0) is 5.60 Å². The van der Waals surface area contributed by atoms with Crippen LogP contribution in [-0.4, -0.2) is 37.5 Å². The first kappa shape index (κ1) is 18.1. The molecule has 0 radical (unpaired) electrons. The third-order valence-corrected chi connectivity index (χ3v) is 4.14. The van der Waals surface area contributed by atoms with Gasteiger partial charge in [-0.1, -0.05) is 12.1 Å². The zero-order chi connectivity index (χ0) is 19.2. The monoisotopic (exact) mass is 369 g/mol. The molecule has 1 aromatic carbocycles. The molecular weight excluding hydrogens is 354 g/mol. The molecule has 10 heteroatoms. The number of aliphatic hydroxyl groups is 1. The summed E-state index contributed by atoms with van der Waals surface area (Å²) in [5.74, 6) is 0.467. The molecule has 3 N–H and O–H groups in total. The number of aromatic nitrogens is 4. The van der Waals surface area contributed by atoms with Gasteiger partial charge in [0.25, 0.3) is 12.9 Å². The summed E-state index contributed by atoms with van der Waals surface area (Å²) >= 11 is 0. The molecule has 0 aliphatic carbocycles. The molecule has 3 aromatic rings. The molecule has 0 unspecified atom stereocenters. The number of hydrogen-bond acceptors (Lipinski definition) is 5. The third-order valence-electron chi connectivity index (χ3n) is 4.14. The molecule has 26 heavy (non-hydrogen) atoms. The van der Waals surface area contributed by atoms with Crippen molar-refractivity contribution in [2.45, 2.75) is 32.3 Å². The molecule has 0 amide bonds. The highest BCUT2D eigenvalue weighted by atomic mass is 19.3. The van der Waals surface area contributed by atoms with Gasteiger partial charge in [0, 0.05) is 5.56 Å². The maximum atomic E-state index is 13.2. The molecule has 0 aliphatic heterocycles. The van der Waals surface area contributed by atoms with Crippen molar-refractivity contribution in [1.29, 1.82) is 0 Å². The van der Waals surface area contributed by atoms with Crippen LogP contribution < -0.4 is 5.73 Å². The Bertz CT molecular complexity index is 965. The van der Waals surface area contributed by atoms with E-state index >= 15 is 0 Å². The van der Waals surface area contributed by atoms with E-state index in [4.69, 9.17) is 5.73 Å². The number of hydrogen-bond donors (Lipinski definition) is 2. The van der Waals surface area contributed by atoms with Crippen LogP contribution in [0.2, 0.25) is 0 Å². The standard InChI is InChI=1S/C16H15F4N5O/c1-7-3-4-9(16(26,14(17)18)15(19)20)5-10(7)11-6-22-13-12(21)23-8(2)24-25(11)13/h3-6,14-15,26H,1-2H3,(H2,21,23,24). The Morgan fingerprint density at radius 3 is 2.42 bits per heavy atom. The number of alkyl halides is 4. The largest absolute Gasteiger partial charge is 0.380 e. The van der Waals surface area contributed by atoms with Gasteiger partial charge in [-0.3, -0.25) is 0 Å². The first-order valence-corrected chi connectivity index (χ1v) is 7.54. The number of aryl methyl sites for hydroxylation is 2. The number of fused-ring (bicyclic) bond motifs is 1. The number of nitrogens with zero attached hydrogens (tertiary/aromatic N) is 4. The fourth-order valence-electron chi connectivity index (χ4n) is 2.69. The van der Waals surface area contributed by atoms with Gasteiger partial charge in [0.05, 0.1) is 11.9 Å². The van der Waals surface area contributed by atoms with Crippen molar-refractivity contribution in [1.82, 2.24) is 19.6 Å². The van der Waals surface area contributed by atoms with E-state index in [2.05, 4.69) is 15.1 Å². The Morgan fingerprint density at radius 2 is 1.81 bits per heavy atom. The van der Waals surface area contributed by atoms with Gasteiger partial charge in [0.15, 0.2) is 11.5 Å². The van der Waals surface area contributed by atoms with E-state index in [1.165, 1.54) is 16.8 Å². The molecule has 0 fully saturated rings. The lowest BCUT2D eigenvalue weighted by Gasteiger charge is -2.27. The van der Waals surface area contributed by atoms with E-state index in [-0.39, 0.29) is 11.5 Å². The van der Waals surface area contributed by atoms with E-state index in [1.807, 2.05) is 0 Å². The Morgan fingerprint density at radius 1 is 1.15 bits per heavy atom. The number of rotatable bonds is 4. The lowest BCUT2D eigenvalue weighted by atomic mass is 9.91. The molecule has 138 valence electrons. The number of imidazole rings is 1. The minimum absolute atomic E-state index is 0.120. The Labute approximate surface area is 145 Å². The molecule has 0 saturated carbocycles. The zero-order valence-corrected chi connectivity index (χ0v) is 13.8. The number of nitrogen functional groups attached to an aromatic ring is 1. The number of benzene rings is 1. The van der Waals surface area contributed by atoms with Crippen molar-refractivity contribution < 1.29 is 22.7 Å². The van der Waals surface area contributed by atoms with Crippen molar-refractivity contribution in [2.75, 3.05) is 5.73 Å². The quantitative estimate of drug-likeness (QED) is 0.691. The van der Waals surface area contributed by atoms with Crippen molar-refractivity contribution in [3.05, 3.63) is 41.3 Å². The first-order valence-electron chi connectivity index (χ1n) is 7.54. The number of halogens is 4. The predicted octanol–water partition coefficient (Wildman–Crippen LogP) is 2.71. The molecule has 6 nitrogen and oxygen atoms in total. The predicted molar refractivity (Wildman–Crippen MR) is 86.0 cm³/mol. The number of anilines is 1. The summed E-state index contributed by atoms with van der Waals surface area (Å²) < 4.78 is 54.0. The molecule has 0 saturated heterocycles. The fourth-order valence-corrected chi connectivity index (χ4v) is 2.69. The van der Waals surface area contributed by atoms with Crippen LogP contribution >= 0.6 is 0 Å². The van der Waals surface area contributed by atoms with Crippen molar-refractivity contribution in [2.24, 2.45) is 0 Å². The average Bonchev–Trinajstić information content (AvgIpc) is 2.98. The highest BCUT2D eigenvalue weighted by Gasteiger charge is 2.48. The third kappa shape index (κ3) is 2.66. The van der Waals surface area contributed by atoms with Gasteiger partial charge in [-0.25, -0.2) is 32.0 Å². The number of nitrogens with two attached hydrogens (primary N) is 1. The first-order chi connectivity index (χ1) is 12.2. The summed E-state index contributed by atoms with van der Waals surface area (Å²) in [4.78, 5) is 8.07. The van der Waals surface area contributed by atoms with Crippen molar-refractivity contribution in [3.8, 4) is 11.3 Å². The topological polar surface area (TPSA) is 89.3 Å². The van der Waals surface area contributed by atoms with Gasteiger partial charge in [-0.05, 0) is 31.0 Å². The summed E-state index contributed by atoms with van der Waals surface area (Å²) in [5, 5.41) is 14.1. The van der Waals surface area contributed by atoms with Crippen LogP contribution in [0.25, 0.3) is 16.9 Å². The van der Waals surface area contributed by atoms with E-state index in [0.717, 1.165) is 12.1 Å². The molecule has 2 heterocycles. The second-order valence-corrected chi connectivity index (χ2v) is 5.88. The molecule has 0 aliphatic rings. The highest BCUT2D eigenvalue weighted by molar-refractivity contribution is 5.71. The van der Waals surface area contributed by atoms with Crippen LogP contribution in [0.15, 0.2) is 24.4 Å². The van der Waals surface area contributed by atoms with E-state index in [0.29, 0.717) is 22.6 Å². The van der Waals surface area contributed by atoms with Crippen LogP contribution in [0.4, 0.5) is 23.4 Å². The molecule has 3 rings (SSSR count). The lowest BCUT2D eigenvalue weighted by Crippen LogP contribution is -2.41. The summed E-state index contributed by atoms with van der Waals surface area (Å²) in [6.07, 6.45) is -5.95. The molecule has 0 spiro atoms. The Kier molecular flexibility index (Phi) is 4.31. The van der Waals surface area contributed by atoms with Crippen LogP contribution in [0, 0.1) is 13.8 Å². The van der Waals surface area contributed by atoms with Gasteiger partial charge >= 0.3 is 0 Å². The smallest absolute Gasteiger partial charge is 0.276 e. The molecular formula is C16H15F4N5O. The Balaban J connectivity index is 2.25. The summed E-state index contributed by atoms with van der Waals surface area (Å²) in [7, 11) is 0. The summed E-state index contributed by atoms with van der Waals surface area (Å²) in [6, 6.07) is 3.51. The van der Waals surface area contributed by atoms with Gasteiger partial charge in [-0.15, -0.1) is 0 Å². The normalized spacial score (nSPS) is 12.5. The van der Waals surface area contributed by atoms with Gasteiger partial charge in [-0.2, -0.15) is 5.10 Å². The van der Waals surface area contributed by atoms with E-state index in [1.54, 1.807) is 13.8 Å². The second kappa shape index (κ2) is 6.20. The SMILES string of the molecule is Cc1nc(N)c2ncc(-c3cc(C(O)(C(F)F)C(F)F)ccc3C)n2n1. The van der Waals surface area contributed by atoms with E-state index < -0.39 is 24.0 Å². The average molecular weight is 369 g/mol. The minimum Gasteiger partial charge on any atom is -0.380 e. The zero-order valence-electron chi connectivity index (χ0n) is 13.8. The van der Waals surface area contributed by atoms with Gasteiger partial charge in [0.2, 0.25) is 5.60 Å². The van der Waals surface area contributed by atoms with Crippen molar-refractivity contribution >= 4 is 11.5 Å². The van der Waals surface area contributed by atoms with Gasteiger partial charge < -0.3 is 10.8 Å². The summed E-state index contributed by atoms with van der Waals surface area (Å²) in [5.41, 5.74) is 3.11. The van der Waals surface area contributed by atoms with Crippen LogP contribution in [0.3, 0.4) is 0 Å². The summed E-state index contributed by atoms with van der Waals surface area (Å²) in [6.45, 7) is 3.27. The van der Waals surface area contributed by atoms with Gasteiger partial charge in [0.1, 0.15) is 5.82 Å². The molecule has 2 aromatic heterocycles. The molecule has 0 bridgehead atoms. The fraction of sp³-hybridized carbons (Fsp3) is 0.312. The highest BCUT2D eigenvalue weighted by Crippen LogP contribution is 2.37. The maximum absolute atomic E-state index is 13.2. The lowest BCUT2D eigenvalue weighted by molar-refractivity contribution is -0.183.